The van der Waals surface area contributed by atoms with Gasteiger partial charge in [0.25, 0.3) is 5.69 Å². The van der Waals surface area contributed by atoms with Gasteiger partial charge in [-0.05, 0) is 50.7 Å². The molecule has 0 spiro atoms. The number of rotatable bonds is 10. The summed E-state index contributed by atoms with van der Waals surface area (Å²) in [5.74, 6) is -1.81. The zero-order chi connectivity index (χ0) is 33.5. The summed E-state index contributed by atoms with van der Waals surface area (Å²) in [6.45, 7) is 12.4. The van der Waals surface area contributed by atoms with Crippen LogP contribution >= 0.6 is 0 Å². The van der Waals surface area contributed by atoms with Crippen molar-refractivity contribution < 1.29 is 28.0 Å². The maximum Gasteiger partial charge on any atom is 0.343 e. The van der Waals surface area contributed by atoms with Crippen LogP contribution in [0.4, 0.5) is 43.3 Å². The Bertz CT molecular complexity index is 1660. The van der Waals surface area contributed by atoms with Crippen molar-refractivity contribution in [3.8, 4) is 5.75 Å². The predicted molar refractivity (Wildman–Crippen MR) is 172 cm³/mol. The van der Waals surface area contributed by atoms with Gasteiger partial charge in [0.05, 0.1) is 23.8 Å². The third-order valence-electron chi connectivity index (χ3n) is 8.37. The fraction of sp³-hybridized carbons (Fsp3) is 0.485. The third-order valence-corrected chi connectivity index (χ3v) is 8.37. The Balaban J connectivity index is 1.59. The van der Waals surface area contributed by atoms with Crippen LogP contribution in [0.2, 0.25) is 0 Å². The van der Waals surface area contributed by atoms with E-state index in [0.29, 0.717) is 35.2 Å². The molecule has 0 radical (unpaired) electrons. The first-order valence-corrected chi connectivity index (χ1v) is 15.4. The summed E-state index contributed by atoms with van der Waals surface area (Å²) in [6, 6.07) is 5.48. The van der Waals surface area contributed by atoms with E-state index >= 15 is 0 Å². The van der Waals surface area contributed by atoms with Gasteiger partial charge in [-0.2, -0.15) is 4.98 Å². The number of anilines is 5. The summed E-state index contributed by atoms with van der Waals surface area (Å²) in [5.41, 5.74) is 0.935. The van der Waals surface area contributed by atoms with Gasteiger partial charge in [-0.25, -0.2) is 18.6 Å². The highest BCUT2D eigenvalue weighted by atomic mass is 19.2. The molecule has 13 heteroatoms. The second-order valence-corrected chi connectivity index (χ2v) is 13.2. The summed E-state index contributed by atoms with van der Waals surface area (Å²) in [6.07, 6.45) is 3.65. The lowest BCUT2D eigenvalue weighted by Gasteiger charge is -2.28. The fourth-order valence-electron chi connectivity index (χ4n) is 6.38. The average Bonchev–Trinajstić information content (AvgIpc) is 3.53. The molecule has 3 heterocycles. The normalized spacial score (nSPS) is 17.1. The number of aromatic nitrogens is 2. The first kappa shape index (κ1) is 32.8. The molecule has 0 saturated carbocycles. The number of nitro benzene ring substituents is 1. The molecule has 0 bridgehead atoms. The number of nitrogens with zero attached hydrogens (tertiary/aromatic N) is 5. The molecule has 2 aromatic carbocycles. The summed E-state index contributed by atoms with van der Waals surface area (Å²) < 4.78 is 39.9. The van der Waals surface area contributed by atoms with Crippen molar-refractivity contribution in [3.63, 3.8) is 0 Å². The second kappa shape index (κ2) is 12.7. The molecule has 1 atom stereocenters. The number of halogens is 2. The lowest BCUT2D eigenvalue weighted by molar-refractivity contribution is -0.384. The minimum Gasteiger partial charge on any atom is -0.494 e. The minimum absolute atomic E-state index is 0.00383. The second-order valence-electron chi connectivity index (χ2n) is 13.2. The molecule has 11 nitrogen and oxygen atoms in total. The summed E-state index contributed by atoms with van der Waals surface area (Å²) in [4.78, 5) is 37.8. The third kappa shape index (κ3) is 6.40. The molecule has 0 aliphatic carbocycles. The van der Waals surface area contributed by atoms with Crippen LogP contribution in [0.3, 0.4) is 0 Å². The molecule has 1 N–H and O–H groups in total. The highest BCUT2D eigenvalue weighted by Gasteiger charge is 2.40. The predicted octanol–water partition coefficient (Wildman–Crippen LogP) is 7.42. The molecular weight excluding hydrogens is 598 g/mol. The van der Waals surface area contributed by atoms with Gasteiger partial charge in [0.15, 0.2) is 17.5 Å². The maximum atomic E-state index is 14.5. The molecule has 1 fully saturated rings. The van der Waals surface area contributed by atoms with E-state index in [-0.39, 0.29) is 41.3 Å². The van der Waals surface area contributed by atoms with E-state index in [0.717, 1.165) is 31.4 Å². The number of esters is 1. The number of nitrogens with one attached hydrogen (secondary N) is 1. The monoisotopic (exact) mass is 638 g/mol. The summed E-state index contributed by atoms with van der Waals surface area (Å²) in [5, 5.41) is 15.4. The average molecular weight is 639 g/mol. The zero-order valence-electron chi connectivity index (χ0n) is 27.2. The summed E-state index contributed by atoms with van der Waals surface area (Å²) >= 11 is 0. The standard InChI is InChI=1S/C33H40F2N6O5/c1-18(2)11-20-9-8-10-39(20)27-15-29(45-7)25(14-28(27)41(43)44)37-32-36-16-21(31(42)46-19(3)4)30(38-32)40-17-33(5,6)22-12-23(34)24(35)13-26(22)40/h12-16,18-20H,8-11,17H2,1-7H3,(H,36,37,38)/t20-/m1/s1. The number of hydrogen-bond donors (Lipinski definition) is 1. The molecule has 3 aromatic rings. The highest BCUT2D eigenvalue weighted by molar-refractivity contribution is 5.96. The van der Waals surface area contributed by atoms with Crippen LogP contribution in [-0.2, 0) is 10.2 Å². The Morgan fingerprint density at radius 2 is 1.87 bits per heavy atom. The van der Waals surface area contributed by atoms with Gasteiger partial charge < -0.3 is 24.6 Å². The van der Waals surface area contributed by atoms with Crippen molar-refractivity contribution in [1.82, 2.24) is 9.97 Å². The van der Waals surface area contributed by atoms with E-state index in [1.165, 1.54) is 19.4 Å². The fourth-order valence-corrected chi connectivity index (χ4v) is 6.38. The van der Waals surface area contributed by atoms with Gasteiger partial charge in [-0.15, -0.1) is 0 Å². The Morgan fingerprint density at radius 1 is 1.15 bits per heavy atom. The van der Waals surface area contributed by atoms with Gasteiger partial charge in [0, 0.05) is 54.6 Å². The topological polar surface area (TPSA) is 123 Å². The van der Waals surface area contributed by atoms with Crippen molar-refractivity contribution >= 4 is 40.5 Å². The number of ether oxygens (including phenoxy) is 2. The van der Waals surface area contributed by atoms with Crippen LogP contribution in [0.5, 0.6) is 5.75 Å². The van der Waals surface area contributed by atoms with Gasteiger partial charge in [-0.1, -0.05) is 27.7 Å². The first-order valence-electron chi connectivity index (χ1n) is 15.4. The van der Waals surface area contributed by atoms with Crippen LogP contribution < -0.4 is 19.9 Å². The zero-order valence-corrected chi connectivity index (χ0v) is 27.2. The maximum absolute atomic E-state index is 14.5. The van der Waals surface area contributed by atoms with Gasteiger partial charge in [0.1, 0.15) is 17.0 Å². The molecule has 1 saturated heterocycles. The van der Waals surface area contributed by atoms with Gasteiger partial charge in [-0.3, -0.25) is 10.1 Å². The van der Waals surface area contributed by atoms with Crippen LogP contribution in [0.25, 0.3) is 0 Å². The Morgan fingerprint density at radius 3 is 2.52 bits per heavy atom. The quantitative estimate of drug-likeness (QED) is 0.136. The number of carbonyl (C=O) groups excluding carboxylic acids is 1. The molecule has 246 valence electrons. The Hall–Kier alpha value is -4.55. The van der Waals surface area contributed by atoms with Crippen LogP contribution in [0.15, 0.2) is 30.5 Å². The number of carbonyl (C=O) groups is 1. The van der Waals surface area contributed by atoms with E-state index in [4.69, 9.17) is 9.47 Å². The van der Waals surface area contributed by atoms with Crippen LogP contribution in [-0.4, -0.2) is 53.2 Å². The Labute approximate surface area is 267 Å². The molecule has 1 aromatic heterocycles. The molecule has 46 heavy (non-hydrogen) atoms. The van der Waals surface area contributed by atoms with Gasteiger partial charge in [0.2, 0.25) is 5.95 Å². The smallest absolute Gasteiger partial charge is 0.343 e. The SMILES string of the molecule is COc1cc(N2CCC[C@@H]2CC(C)C)c([N+](=O)[O-])cc1Nc1ncc(C(=O)OC(C)C)c(N2CC(C)(C)c3cc(F)c(F)cc32)n1. The number of benzene rings is 2. The highest BCUT2D eigenvalue weighted by Crippen LogP contribution is 2.46. The Kier molecular flexibility index (Phi) is 9.05. The first-order chi connectivity index (χ1) is 21.7. The number of fused-ring (bicyclic) bond motifs is 1. The molecule has 0 amide bonds. The number of methoxy groups -OCH3 is 1. The van der Waals surface area contributed by atoms with E-state index in [1.807, 2.05) is 13.8 Å². The van der Waals surface area contributed by atoms with Gasteiger partial charge >= 0.3 is 5.97 Å². The van der Waals surface area contributed by atoms with Crippen molar-refractivity contribution in [2.75, 3.05) is 35.3 Å². The van der Waals surface area contributed by atoms with E-state index in [2.05, 4.69) is 34.0 Å². The van der Waals surface area contributed by atoms with Crippen LogP contribution in [0.1, 0.15) is 76.7 Å². The molecule has 5 rings (SSSR count). The molecule has 2 aliphatic rings. The van der Waals surface area contributed by atoms with E-state index in [9.17, 15) is 23.7 Å². The van der Waals surface area contributed by atoms with E-state index < -0.39 is 34.0 Å². The van der Waals surface area contributed by atoms with Crippen molar-refractivity contribution in [2.45, 2.75) is 78.4 Å². The molecule has 2 aliphatic heterocycles. The lowest BCUT2D eigenvalue weighted by atomic mass is 9.87. The van der Waals surface area contributed by atoms with Crippen molar-refractivity contribution in [3.05, 3.63) is 63.3 Å². The van der Waals surface area contributed by atoms with Crippen molar-refractivity contribution in [2.24, 2.45) is 5.92 Å². The van der Waals surface area contributed by atoms with Crippen LogP contribution in [0, 0.1) is 27.7 Å². The largest absolute Gasteiger partial charge is 0.494 e. The molecule has 0 unspecified atom stereocenters. The minimum atomic E-state index is -1.04. The number of nitro groups is 1. The molecular formula is C33H40F2N6O5. The van der Waals surface area contributed by atoms with Crippen molar-refractivity contribution in [1.29, 1.82) is 0 Å². The lowest BCUT2D eigenvalue weighted by Crippen LogP contribution is -2.31. The van der Waals surface area contributed by atoms with E-state index in [1.54, 1.807) is 24.8 Å². The summed E-state index contributed by atoms with van der Waals surface area (Å²) in [7, 11) is 1.47. The number of hydrogen-bond acceptors (Lipinski definition) is 10.